The van der Waals surface area contributed by atoms with E-state index in [4.69, 9.17) is 4.74 Å². The quantitative estimate of drug-likeness (QED) is 0.234. The van der Waals surface area contributed by atoms with Crippen LogP contribution in [0, 0.1) is 17.0 Å². The molecule has 136 valence electrons. The van der Waals surface area contributed by atoms with Crippen LogP contribution in [0.2, 0.25) is 0 Å². The first-order valence-electron chi connectivity index (χ1n) is 7.33. The molecule has 0 saturated carbocycles. The number of thioether (sulfide) groups is 1. The van der Waals surface area contributed by atoms with Gasteiger partial charge in [-0.05, 0) is 42.0 Å². The molecule has 0 aliphatic carbocycles. The second-order valence-electron chi connectivity index (χ2n) is 5.10. The van der Waals surface area contributed by atoms with E-state index in [1.165, 1.54) is 39.8 Å². The number of nitro groups is 1. The molecule has 0 spiro atoms. The Morgan fingerprint density at radius 2 is 2.00 bits per heavy atom. The lowest BCUT2D eigenvalue weighted by atomic mass is 10.2. The van der Waals surface area contributed by atoms with Crippen molar-refractivity contribution in [2.24, 2.45) is 0 Å². The van der Waals surface area contributed by atoms with Crippen molar-refractivity contribution in [1.29, 1.82) is 0 Å². The molecule has 0 radical (unpaired) electrons. The lowest BCUT2D eigenvalue weighted by Gasteiger charge is -1.97. The summed E-state index contributed by atoms with van der Waals surface area (Å²) in [6.45, 7) is 3.71. The van der Waals surface area contributed by atoms with Gasteiger partial charge in [0.15, 0.2) is 4.88 Å². The largest absolute Gasteiger partial charge is 1.00 e. The number of rotatable bonds is 4. The van der Waals surface area contributed by atoms with Crippen LogP contribution in [-0.2, 0) is 4.74 Å². The Balaban J connectivity index is 0.00000243. The van der Waals surface area contributed by atoms with E-state index >= 15 is 0 Å². The summed E-state index contributed by atoms with van der Waals surface area (Å²) in [4.78, 5) is 35.7. The molecule has 0 fully saturated rings. The summed E-state index contributed by atoms with van der Waals surface area (Å²) in [7, 11) is 0. The van der Waals surface area contributed by atoms with E-state index < -0.39 is 10.9 Å². The minimum Gasteiger partial charge on any atom is -1.00 e. The maximum atomic E-state index is 12.6. The number of allylic oxidation sites excluding steroid dienone is 1. The summed E-state index contributed by atoms with van der Waals surface area (Å²) in [5.41, 5.74) is 1.25. The van der Waals surface area contributed by atoms with Crippen molar-refractivity contribution in [3.63, 3.8) is 0 Å². The van der Waals surface area contributed by atoms with E-state index in [1.807, 2.05) is 0 Å². The van der Waals surface area contributed by atoms with Crippen molar-refractivity contribution >= 4 is 46.7 Å². The predicted octanol–water partition coefficient (Wildman–Crippen LogP) is 0.220. The van der Waals surface area contributed by atoms with E-state index in [-0.39, 0.29) is 30.6 Å². The summed E-state index contributed by atoms with van der Waals surface area (Å²) in [5.74, 6) is -0.649. The number of nitrogens with zero attached hydrogens (tertiary/aromatic N) is 2. The van der Waals surface area contributed by atoms with Crippen LogP contribution in [0.1, 0.15) is 32.6 Å². The molecule has 10 heteroatoms. The number of halogens is 1. The number of carbonyl (C=O) groups is 2. The highest BCUT2D eigenvalue weighted by Gasteiger charge is 2.42. The third kappa shape index (κ3) is 3.64. The fourth-order valence-corrected chi connectivity index (χ4v) is 4.74. The van der Waals surface area contributed by atoms with Crippen LogP contribution in [0.4, 0.5) is 5.69 Å². The highest BCUT2D eigenvalue weighted by molar-refractivity contribution is 8.05. The molecule has 0 atom stereocenters. The zero-order valence-corrected chi connectivity index (χ0v) is 16.1. The van der Waals surface area contributed by atoms with Gasteiger partial charge in [0.1, 0.15) is 4.91 Å². The molecule has 0 saturated heterocycles. The van der Waals surface area contributed by atoms with Gasteiger partial charge in [0.05, 0.1) is 11.5 Å². The van der Waals surface area contributed by atoms with Gasteiger partial charge in [0.25, 0.3) is 5.69 Å². The third-order valence-electron chi connectivity index (χ3n) is 3.51. The van der Waals surface area contributed by atoms with Gasteiger partial charge in [-0.2, -0.15) is 0 Å². The summed E-state index contributed by atoms with van der Waals surface area (Å²) in [6, 6.07) is 5.97. The first-order chi connectivity index (χ1) is 11.9. The molecular weight excluding hydrogens is 400 g/mol. The maximum Gasteiger partial charge on any atom is 0.433 e. The molecule has 0 bridgehead atoms. The van der Waals surface area contributed by atoms with Crippen LogP contribution in [-0.4, -0.2) is 23.4 Å². The average molecular weight is 413 g/mol. The van der Waals surface area contributed by atoms with Crippen LogP contribution in [0.5, 0.6) is 0 Å². The van der Waals surface area contributed by atoms with Gasteiger partial charge >= 0.3 is 16.2 Å². The van der Waals surface area contributed by atoms with Gasteiger partial charge in [-0.3, -0.25) is 10.1 Å². The van der Waals surface area contributed by atoms with Gasteiger partial charge in [0, 0.05) is 30.8 Å². The summed E-state index contributed by atoms with van der Waals surface area (Å²) in [6.07, 6.45) is 1.68. The zero-order chi connectivity index (χ0) is 18.1. The van der Waals surface area contributed by atoms with Gasteiger partial charge in [0.2, 0.25) is 5.69 Å². The number of hydrogen-bond acceptors (Lipinski definition) is 7. The standard InChI is InChI=1S/C16H13N2O5S2.ClH/c1-3-23-15(20)13-9(2)17-14(19)12(24-16(17)25-13)8-10-4-6-11(7-5-10)18(21)22;/h4-8H,3H2,1-2H3;1H/q+1;/p-1/b12-8-;. The SMILES string of the molecule is CCOC(=O)c1sc2[n+](c1C)C(=O)/C(=C/c1ccc([N+](=O)[O-])cc1)S2.[Cl-]. The van der Waals surface area contributed by atoms with E-state index in [0.717, 1.165) is 0 Å². The number of hydrogen-bond donors (Lipinski definition) is 0. The number of ether oxygens (including phenoxy) is 1. The van der Waals surface area contributed by atoms with Gasteiger partial charge < -0.3 is 17.1 Å². The normalized spacial score (nSPS) is 14.1. The Kier molecular flexibility index (Phi) is 6.17. The Hall–Kier alpha value is -2.23. The monoisotopic (exact) mass is 412 g/mol. The summed E-state index contributed by atoms with van der Waals surface area (Å²) < 4.78 is 7.19. The Morgan fingerprint density at radius 3 is 2.54 bits per heavy atom. The van der Waals surface area contributed by atoms with E-state index in [1.54, 1.807) is 32.1 Å². The van der Waals surface area contributed by atoms with Crippen LogP contribution >= 0.6 is 23.1 Å². The summed E-state index contributed by atoms with van der Waals surface area (Å²) >= 11 is 2.49. The molecule has 0 unspecified atom stereocenters. The molecule has 1 aliphatic heterocycles. The molecule has 1 aromatic carbocycles. The molecule has 0 amide bonds. The minimum absolute atomic E-state index is 0. The number of aromatic nitrogens is 1. The molecule has 26 heavy (non-hydrogen) atoms. The fourth-order valence-electron chi connectivity index (χ4n) is 2.32. The molecule has 1 aromatic heterocycles. The highest BCUT2D eigenvalue weighted by Crippen LogP contribution is 2.38. The van der Waals surface area contributed by atoms with Crippen molar-refractivity contribution in [3.05, 3.63) is 55.4 Å². The number of esters is 1. The molecule has 2 aromatic rings. The lowest BCUT2D eigenvalue weighted by Crippen LogP contribution is -3.00. The first kappa shape index (κ1) is 20.1. The van der Waals surface area contributed by atoms with Crippen LogP contribution in [0.25, 0.3) is 6.08 Å². The minimum atomic E-state index is -0.472. The van der Waals surface area contributed by atoms with Gasteiger partial charge in [-0.1, -0.05) is 0 Å². The van der Waals surface area contributed by atoms with E-state index in [9.17, 15) is 19.7 Å². The van der Waals surface area contributed by atoms with Gasteiger partial charge in [-0.25, -0.2) is 9.59 Å². The van der Waals surface area contributed by atoms with Crippen molar-refractivity contribution in [3.8, 4) is 0 Å². The Labute approximate surface area is 163 Å². The molecule has 1 aliphatic rings. The number of benzene rings is 1. The average Bonchev–Trinajstić information content (AvgIpc) is 3.06. The number of thiazole rings is 1. The smallest absolute Gasteiger partial charge is 0.433 e. The maximum absolute atomic E-state index is 12.6. The van der Waals surface area contributed by atoms with Crippen molar-refractivity contribution in [2.75, 3.05) is 6.61 Å². The predicted molar refractivity (Wildman–Crippen MR) is 92.8 cm³/mol. The number of non-ortho nitro benzene ring substituents is 1. The highest BCUT2D eigenvalue weighted by atomic mass is 35.5. The Bertz CT molecular complexity index is 921. The van der Waals surface area contributed by atoms with Crippen molar-refractivity contribution in [1.82, 2.24) is 0 Å². The Morgan fingerprint density at radius 1 is 1.35 bits per heavy atom. The van der Waals surface area contributed by atoms with Crippen LogP contribution in [0.3, 0.4) is 0 Å². The van der Waals surface area contributed by atoms with Crippen LogP contribution in [0.15, 0.2) is 33.5 Å². The second kappa shape index (κ2) is 7.98. The number of carbonyl (C=O) groups excluding carboxylic acids is 2. The third-order valence-corrected chi connectivity index (χ3v) is 5.90. The first-order valence-corrected chi connectivity index (χ1v) is 8.97. The molecule has 2 heterocycles. The lowest BCUT2D eigenvalue weighted by molar-refractivity contribution is -0.606. The van der Waals surface area contributed by atoms with E-state index in [2.05, 4.69) is 0 Å². The topological polar surface area (TPSA) is 90.4 Å². The van der Waals surface area contributed by atoms with Crippen molar-refractivity contribution < 1.29 is 36.2 Å². The molecular formula is C16H13ClN2O5S2. The van der Waals surface area contributed by atoms with Crippen molar-refractivity contribution in [2.45, 2.75) is 18.2 Å². The molecule has 3 rings (SSSR count). The van der Waals surface area contributed by atoms with Gasteiger partial charge in [-0.15, -0.1) is 4.57 Å². The molecule has 0 N–H and O–H groups in total. The zero-order valence-electron chi connectivity index (χ0n) is 13.7. The molecule has 7 nitrogen and oxygen atoms in total. The number of fused-ring (bicyclic) bond motifs is 1. The van der Waals surface area contributed by atoms with Crippen LogP contribution < -0.4 is 17.0 Å². The van der Waals surface area contributed by atoms with E-state index in [0.29, 0.717) is 25.4 Å². The summed E-state index contributed by atoms with van der Waals surface area (Å²) in [5, 5.41) is 10.7. The second-order valence-corrected chi connectivity index (χ2v) is 7.39. The fraction of sp³-hybridized carbons (Fsp3) is 0.188. The number of nitro benzene ring substituents is 1.